The van der Waals surface area contributed by atoms with Crippen molar-refractivity contribution in [1.82, 2.24) is 9.62 Å². The van der Waals surface area contributed by atoms with Crippen LogP contribution < -0.4 is 5.32 Å². The second-order valence-electron chi connectivity index (χ2n) is 6.09. The smallest absolute Gasteiger partial charge is 0.244 e. The zero-order chi connectivity index (χ0) is 19.4. The van der Waals surface area contributed by atoms with Crippen molar-refractivity contribution in [2.75, 3.05) is 26.7 Å². The van der Waals surface area contributed by atoms with Crippen molar-refractivity contribution >= 4 is 43.7 Å². The van der Waals surface area contributed by atoms with Crippen LogP contribution in [-0.4, -0.2) is 49.2 Å². The molecule has 0 fully saturated rings. The first-order valence-electron chi connectivity index (χ1n) is 8.39. The number of hydrogen-bond donors (Lipinski definition) is 1. The van der Waals surface area contributed by atoms with Gasteiger partial charge in [0.05, 0.1) is 26.9 Å². The van der Waals surface area contributed by atoms with E-state index in [-0.39, 0.29) is 9.79 Å². The molecule has 0 aliphatic carbocycles. The zero-order valence-corrected chi connectivity index (χ0v) is 17.1. The van der Waals surface area contributed by atoms with Crippen molar-refractivity contribution in [2.24, 2.45) is 4.99 Å². The molecule has 0 spiro atoms. The van der Waals surface area contributed by atoms with E-state index in [0.717, 1.165) is 12.0 Å². The summed E-state index contributed by atoms with van der Waals surface area (Å²) >= 11 is 5.96. The van der Waals surface area contributed by atoms with Gasteiger partial charge in [-0.25, -0.2) is 17.6 Å². The van der Waals surface area contributed by atoms with E-state index >= 15 is 0 Å². The molecule has 0 saturated heterocycles. The maximum Gasteiger partial charge on any atom is 0.244 e. The summed E-state index contributed by atoms with van der Waals surface area (Å²) in [6.07, 6.45) is 0.805. The Kier molecular flexibility index (Phi) is 6.44. The first kappa shape index (κ1) is 20.2. The number of halogens is 1. The molecule has 0 radical (unpaired) electrons. The van der Waals surface area contributed by atoms with Gasteiger partial charge in [0.1, 0.15) is 4.90 Å². The van der Waals surface area contributed by atoms with Crippen LogP contribution in [0.1, 0.15) is 5.56 Å². The molecule has 1 aliphatic heterocycles. The van der Waals surface area contributed by atoms with Gasteiger partial charge in [-0.3, -0.25) is 0 Å². The quantitative estimate of drug-likeness (QED) is 0.659. The lowest BCUT2D eigenvalue weighted by Crippen LogP contribution is -2.34. The van der Waals surface area contributed by atoms with E-state index in [1.807, 2.05) is 24.3 Å². The number of likely N-dealkylation sites (N-methyl/N-ethyl adjacent to an activating group) is 1. The Morgan fingerprint density at radius 3 is 2.74 bits per heavy atom. The third-order valence-corrected chi connectivity index (χ3v) is 7.61. The summed E-state index contributed by atoms with van der Waals surface area (Å²) in [7, 11) is -3.75. The molecule has 144 valence electrons. The van der Waals surface area contributed by atoms with Gasteiger partial charge in [0, 0.05) is 25.2 Å². The number of nitrogens with zero attached hydrogens (tertiary/aromatic N) is 2. The number of hydrogen-bond acceptors (Lipinski definition) is 5. The van der Waals surface area contributed by atoms with Crippen LogP contribution in [0.15, 0.2) is 57.2 Å². The second kappa shape index (κ2) is 8.62. The van der Waals surface area contributed by atoms with E-state index in [1.165, 1.54) is 23.0 Å². The molecule has 9 heteroatoms. The average Bonchev–Trinajstić information content (AvgIpc) is 3.02. The molecule has 2 aromatic carbocycles. The fourth-order valence-electron chi connectivity index (χ4n) is 2.74. The molecule has 1 aliphatic rings. The van der Waals surface area contributed by atoms with E-state index in [2.05, 4.69) is 10.3 Å². The van der Waals surface area contributed by atoms with Gasteiger partial charge in [-0.05, 0) is 42.8 Å². The minimum Gasteiger partial charge on any atom is -0.315 e. The topological polar surface area (TPSA) is 78.8 Å². The normalized spacial score (nSPS) is 16.0. The van der Waals surface area contributed by atoms with Gasteiger partial charge in [-0.1, -0.05) is 29.8 Å². The maximum absolute atomic E-state index is 12.9. The Labute approximate surface area is 166 Å². The van der Waals surface area contributed by atoms with Gasteiger partial charge in [-0.2, -0.15) is 4.31 Å². The Balaban J connectivity index is 1.56. The monoisotopic (exact) mass is 425 g/mol. The van der Waals surface area contributed by atoms with E-state index in [1.54, 1.807) is 12.1 Å². The van der Waals surface area contributed by atoms with Gasteiger partial charge < -0.3 is 5.32 Å². The summed E-state index contributed by atoms with van der Waals surface area (Å²) in [5.41, 5.74) is 2.84. The van der Waals surface area contributed by atoms with Crippen molar-refractivity contribution in [1.29, 1.82) is 0 Å². The lowest BCUT2D eigenvalue weighted by atomic mass is 10.1. The SMILES string of the molecule is CN(CCNCCc1cccc(Cl)c1)S(=O)(=O)c1cccc2c1S(=O)C=N2. The molecule has 0 saturated carbocycles. The highest BCUT2D eigenvalue weighted by Gasteiger charge is 2.29. The number of benzene rings is 2. The van der Waals surface area contributed by atoms with Crippen LogP contribution in [0.25, 0.3) is 0 Å². The molecular weight excluding hydrogens is 406 g/mol. The molecule has 1 unspecified atom stereocenters. The molecule has 0 bridgehead atoms. The lowest BCUT2D eigenvalue weighted by Gasteiger charge is -2.19. The predicted octanol–water partition coefficient (Wildman–Crippen LogP) is 2.57. The van der Waals surface area contributed by atoms with Gasteiger partial charge in [-0.15, -0.1) is 0 Å². The molecule has 0 aromatic heterocycles. The van der Waals surface area contributed by atoms with E-state index < -0.39 is 20.8 Å². The standard InChI is InChI=1S/C18H20ClN3O3S2/c1-22(11-10-20-9-8-14-4-2-5-15(19)12-14)27(24,25)17-7-3-6-16-18(17)26(23)13-21-16/h2-7,12-13,20H,8-11H2,1H3. The van der Waals surface area contributed by atoms with E-state index in [4.69, 9.17) is 11.6 Å². The zero-order valence-electron chi connectivity index (χ0n) is 14.8. The van der Waals surface area contributed by atoms with Crippen molar-refractivity contribution in [2.45, 2.75) is 16.2 Å². The highest BCUT2D eigenvalue weighted by atomic mass is 35.5. The second-order valence-corrected chi connectivity index (χ2v) is 9.76. The van der Waals surface area contributed by atoms with Crippen LogP contribution in [0, 0.1) is 0 Å². The minimum atomic E-state index is -3.74. The largest absolute Gasteiger partial charge is 0.315 e. The summed E-state index contributed by atoms with van der Waals surface area (Å²) in [5, 5.41) is 3.94. The van der Waals surface area contributed by atoms with Gasteiger partial charge in [0.25, 0.3) is 0 Å². The van der Waals surface area contributed by atoms with Gasteiger partial charge >= 0.3 is 0 Å². The molecule has 3 rings (SSSR count). The third-order valence-electron chi connectivity index (χ3n) is 4.22. The first-order valence-corrected chi connectivity index (χ1v) is 11.4. The summed E-state index contributed by atoms with van der Waals surface area (Å²) in [6.45, 7) is 1.52. The third kappa shape index (κ3) is 4.64. The average molecular weight is 426 g/mol. The molecule has 6 nitrogen and oxygen atoms in total. The van der Waals surface area contributed by atoms with Crippen molar-refractivity contribution in [3.05, 3.63) is 53.1 Å². The Hall–Kier alpha value is -1.58. The number of sulfonamides is 1. The minimum absolute atomic E-state index is 0.0530. The summed E-state index contributed by atoms with van der Waals surface area (Å²) in [4.78, 5) is 4.32. The van der Waals surface area contributed by atoms with Crippen molar-refractivity contribution in [3.8, 4) is 0 Å². The molecular formula is C18H20ClN3O3S2. The van der Waals surface area contributed by atoms with Crippen LogP contribution in [-0.2, 0) is 27.2 Å². The van der Waals surface area contributed by atoms with E-state index in [9.17, 15) is 12.6 Å². The van der Waals surface area contributed by atoms with Crippen LogP contribution in [0.4, 0.5) is 5.69 Å². The van der Waals surface area contributed by atoms with Crippen molar-refractivity contribution in [3.63, 3.8) is 0 Å². The number of aliphatic imine (C=N–C) groups is 1. The summed E-state index contributed by atoms with van der Waals surface area (Å²) in [6, 6.07) is 12.4. The molecule has 1 atom stereocenters. The van der Waals surface area contributed by atoms with Crippen LogP contribution >= 0.6 is 11.6 Å². The van der Waals surface area contributed by atoms with Crippen LogP contribution in [0.2, 0.25) is 5.02 Å². The van der Waals surface area contributed by atoms with Crippen molar-refractivity contribution < 1.29 is 12.6 Å². The van der Waals surface area contributed by atoms with E-state index in [0.29, 0.717) is 30.3 Å². The van der Waals surface area contributed by atoms with Crippen LogP contribution in [0.3, 0.4) is 0 Å². The molecule has 2 aromatic rings. The molecule has 0 amide bonds. The van der Waals surface area contributed by atoms with Crippen LogP contribution in [0.5, 0.6) is 0 Å². The fraction of sp³-hybridized carbons (Fsp3) is 0.278. The number of rotatable bonds is 8. The fourth-order valence-corrected chi connectivity index (χ4v) is 5.68. The van der Waals surface area contributed by atoms with Gasteiger partial charge in [0.15, 0.2) is 0 Å². The molecule has 1 N–H and O–H groups in total. The van der Waals surface area contributed by atoms with Gasteiger partial charge in [0.2, 0.25) is 10.0 Å². The molecule has 1 heterocycles. The molecule has 27 heavy (non-hydrogen) atoms. The Bertz CT molecular complexity index is 993. The summed E-state index contributed by atoms with van der Waals surface area (Å²) in [5.74, 6) is 0. The highest BCUT2D eigenvalue weighted by Crippen LogP contribution is 2.34. The number of nitrogens with one attached hydrogen (secondary N) is 1. The Morgan fingerprint density at radius 1 is 1.19 bits per heavy atom. The highest BCUT2D eigenvalue weighted by molar-refractivity contribution is 7.99. The summed E-state index contributed by atoms with van der Waals surface area (Å²) < 4.78 is 39.0. The lowest BCUT2D eigenvalue weighted by molar-refractivity contribution is 0.458. The Morgan fingerprint density at radius 2 is 1.96 bits per heavy atom. The predicted molar refractivity (Wildman–Crippen MR) is 109 cm³/mol. The maximum atomic E-state index is 12.9. The first-order chi connectivity index (χ1) is 12.9. The number of fused-ring (bicyclic) bond motifs is 1.